The largest absolute Gasteiger partial charge is 0.444 e. The summed E-state index contributed by atoms with van der Waals surface area (Å²) in [6.07, 6.45) is 4.88. The van der Waals surface area contributed by atoms with Crippen LogP contribution in [0.1, 0.15) is 59.8 Å². The van der Waals surface area contributed by atoms with Gasteiger partial charge in [0.05, 0.1) is 19.3 Å². The Bertz CT molecular complexity index is 349. The molecule has 0 aromatic rings. The maximum atomic E-state index is 11.8. The molecule has 0 aliphatic heterocycles. The Labute approximate surface area is 147 Å². The standard InChI is InChI=1S/C18H36N2O4/c1-6-14(13-22-5)19-11-12-23-16-9-7-15(8-10-16)20-17(21)24-18(2,3)4/h14-16,19H,6-13H2,1-5H3,(H,20,21). The average molecular weight is 344 g/mol. The van der Waals surface area contributed by atoms with E-state index in [2.05, 4.69) is 17.6 Å². The van der Waals surface area contributed by atoms with Crippen LogP contribution in [0.5, 0.6) is 0 Å². The maximum Gasteiger partial charge on any atom is 0.407 e. The zero-order chi connectivity index (χ0) is 18.0. The number of ether oxygens (including phenoxy) is 3. The van der Waals surface area contributed by atoms with Gasteiger partial charge in [-0.05, 0) is 52.9 Å². The Morgan fingerprint density at radius 2 is 1.88 bits per heavy atom. The molecule has 1 atom stereocenters. The smallest absolute Gasteiger partial charge is 0.407 e. The highest BCUT2D eigenvalue weighted by Crippen LogP contribution is 2.21. The molecule has 0 bridgehead atoms. The predicted octanol–water partition coefficient (Wildman–Crippen LogP) is 2.85. The van der Waals surface area contributed by atoms with Gasteiger partial charge in [-0.15, -0.1) is 0 Å². The fraction of sp³-hybridized carbons (Fsp3) is 0.944. The van der Waals surface area contributed by atoms with Crippen LogP contribution in [-0.2, 0) is 14.2 Å². The lowest BCUT2D eigenvalue weighted by Gasteiger charge is -2.30. The third-order valence-corrected chi connectivity index (χ3v) is 4.14. The lowest BCUT2D eigenvalue weighted by molar-refractivity contribution is 0.0178. The van der Waals surface area contributed by atoms with E-state index in [0.717, 1.165) is 51.9 Å². The molecule has 0 saturated heterocycles. The summed E-state index contributed by atoms with van der Waals surface area (Å²) in [6.45, 7) is 10.1. The number of methoxy groups -OCH3 is 1. The first-order valence-electron chi connectivity index (χ1n) is 9.17. The Morgan fingerprint density at radius 1 is 1.21 bits per heavy atom. The van der Waals surface area contributed by atoms with Gasteiger partial charge in [0, 0.05) is 25.7 Å². The van der Waals surface area contributed by atoms with E-state index in [1.54, 1.807) is 7.11 Å². The van der Waals surface area contributed by atoms with Crippen molar-refractivity contribution >= 4 is 6.09 Å². The minimum atomic E-state index is -0.448. The van der Waals surface area contributed by atoms with Crippen molar-refractivity contribution in [2.45, 2.75) is 83.6 Å². The van der Waals surface area contributed by atoms with Gasteiger partial charge in [0.25, 0.3) is 0 Å². The highest BCUT2D eigenvalue weighted by Gasteiger charge is 2.25. The first-order chi connectivity index (χ1) is 11.3. The van der Waals surface area contributed by atoms with E-state index in [1.165, 1.54) is 0 Å². The van der Waals surface area contributed by atoms with Crippen molar-refractivity contribution in [2.24, 2.45) is 0 Å². The third-order valence-electron chi connectivity index (χ3n) is 4.14. The monoisotopic (exact) mass is 344 g/mol. The molecule has 0 aromatic heterocycles. The Kier molecular flexibility index (Phi) is 9.63. The zero-order valence-electron chi connectivity index (χ0n) is 16.0. The first-order valence-corrected chi connectivity index (χ1v) is 9.17. The summed E-state index contributed by atoms with van der Waals surface area (Å²) in [6, 6.07) is 0.594. The van der Waals surface area contributed by atoms with Gasteiger partial charge in [0.2, 0.25) is 0 Å². The molecule has 0 aromatic carbocycles. The van der Waals surface area contributed by atoms with Crippen molar-refractivity contribution in [3.63, 3.8) is 0 Å². The quantitative estimate of drug-likeness (QED) is 0.630. The minimum Gasteiger partial charge on any atom is -0.444 e. The van der Waals surface area contributed by atoms with E-state index in [1.807, 2.05) is 20.8 Å². The summed E-state index contributed by atoms with van der Waals surface area (Å²) in [5.41, 5.74) is -0.448. The first kappa shape index (κ1) is 21.2. The van der Waals surface area contributed by atoms with Crippen LogP contribution in [0.15, 0.2) is 0 Å². The SMILES string of the molecule is CCC(COC)NCCOC1CCC(NC(=O)OC(C)(C)C)CC1. The molecular formula is C18H36N2O4. The number of nitrogens with one attached hydrogen (secondary N) is 2. The van der Waals surface area contributed by atoms with Gasteiger partial charge in [-0.25, -0.2) is 4.79 Å². The molecule has 1 unspecified atom stereocenters. The van der Waals surface area contributed by atoms with Crippen LogP contribution in [0.2, 0.25) is 0 Å². The lowest BCUT2D eigenvalue weighted by Crippen LogP contribution is -2.42. The van der Waals surface area contributed by atoms with Crippen molar-refractivity contribution in [1.29, 1.82) is 0 Å². The van der Waals surface area contributed by atoms with Crippen molar-refractivity contribution in [3.8, 4) is 0 Å². The molecule has 1 rings (SSSR count). The predicted molar refractivity (Wildman–Crippen MR) is 95.3 cm³/mol. The summed E-state index contributed by atoms with van der Waals surface area (Å²) >= 11 is 0. The summed E-state index contributed by atoms with van der Waals surface area (Å²) in [4.78, 5) is 11.8. The van der Waals surface area contributed by atoms with Crippen LogP contribution in [0.25, 0.3) is 0 Å². The van der Waals surface area contributed by atoms with Crippen molar-refractivity contribution < 1.29 is 19.0 Å². The number of carbonyl (C=O) groups is 1. The molecule has 2 N–H and O–H groups in total. The van der Waals surface area contributed by atoms with Crippen LogP contribution >= 0.6 is 0 Å². The molecule has 0 spiro atoms. The van der Waals surface area contributed by atoms with Crippen LogP contribution in [0.4, 0.5) is 4.79 Å². The number of carbonyl (C=O) groups excluding carboxylic acids is 1. The van der Waals surface area contributed by atoms with Gasteiger partial charge in [-0.3, -0.25) is 0 Å². The van der Waals surface area contributed by atoms with Crippen LogP contribution in [-0.4, -0.2) is 56.8 Å². The molecule has 6 nitrogen and oxygen atoms in total. The second-order valence-corrected chi connectivity index (χ2v) is 7.51. The van der Waals surface area contributed by atoms with Gasteiger partial charge in [0.15, 0.2) is 0 Å². The van der Waals surface area contributed by atoms with Gasteiger partial charge < -0.3 is 24.8 Å². The van der Waals surface area contributed by atoms with E-state index in [0.29, 0.717) is 12.1 Å². The maximum absolute atomic E-state index is 11.8. The molecule has 142 valence electrons. The fourth-order valence-electron chi connectivity index (χ4n) is 2.86. The normalized spacial score (nSPS) is 22.9. The molecule has 1 fully saturated rings. The Morgan fingerprint density at radius 3 is 2.42 bits per heavy atom. The highest BCUT2D eigenvalue weighted by molar-refractivity contribution is 5.68. The third kappa shape index (κ3) is 9.45. The average Bonchev–Trinajstić information content (AvgIpc) is 2.50. The number of amides is 1. The molecule has 1 saturated carbocycles. The zero-order valence-corrected chi connectivity index (χ0v) is 16.0. The summed E-state index contributed by atoms with van der Waals surface area (Å²) in [7, 11) is 1.73. The fourth-order valence-corrected chi connectivity index (χ4v) is 2.86. The van der Waals surface area contributed by atoms with Gasteiger partial charge in [0.1, 0.15) is 5.60 Å². The van der Waals surface area contributed by atoms with Gasteiger partial charge in [-0.1, -0.05) is 6.92 Å². The van der Waals surface area contributed by atoms with E-state index >= 15 is 0 Å². The number of rotatable bonds is 9. The minimum absolute atomic E-state index is 0.198. The van der Waals surface area contributed by atoms with E-state index in [-0.39, 0.29) is 12.1 Å². The summed E-state index contributed by atoms with van der Waals surface area (Å²) in [5.74, 6) is 0. The van der Waals surface area contributed by atoms with Crippen LogP contribution < -0.4 is 10.6 Å². The number of alkyl carbamates (subject to hydrolysis) is 1. The summed E-state index contributed by atoms with van der Waals surface area (Å²) in [5, 5.41) is 6.40. The van der Waals surface area contributed by atoms with Crippen molar-refractivity contribution in [1.82, 2.24) is 10.6 Å². The Hall–Kier alpha value is -0.850. The molecule has 1 aliphatic carbocycles. The highest BCUT2D eigenvalue weighted by atomic mass is 16.6. The van der Waals surface area contributed by atoms with Gasteiger partial charge >= 0.3 is 6.09 Å². The molecule has 1 aliphatic rings. The number of hydrogen-bond donors (Lipinski definition) is 2. The molecule has 6 heteroatoms. The number of hydrogen-bond acceptors (Lipinski definition) is 5. The van der Waals surface area contributed by atoms with E-state index in [4.69, 9.17) is 14.2 Å². The summed E-state index contributed by atoms with van der Waals surface area (Å²) < 4.78 is 16.4. The molecule has 0 heterocycles. The van der Waals surface area contributed by atoms with E-state index < -0.39 is 5.60 Å². The second-order valence-electron chi connectivity index (χ2n) is 7.51. The lowest BCUT2D eigenvalue weighted by atomic mass is 9.93. The molecular weight excluding hydrogens is 308 g/mol. The molecule has 0 radical (unpaired) electrons. The topological polar surface area (TPSA) is 68.8 Å². The second kappa shape index (κ2) is 10.9. The van der Waals surface area contributed by atoms with E-state index in [9.17, 15) is 4.79 Å². The van der Waals surface area contributed by atoms with Crippen LogP contribution in [0.3, 0.4) is 0 Å². The van der Waals surface area contributed by atoms with Crippen LogP contribution in [0, 0.1) is 0 Å². The van der Waals surface area contributed by atoms with Gasteiger partial charge in [-0.2, -0.15) is 0 Å². The molecule has 24 heavy (non-hydrogen) atoms. The van der Waals surface area contributed by atoms with Crippen molar-refractivity contribution in [3.05, 3.63) is 0 Å². The molecule has 1 amide bonds. The Balaban J connectivity index is 2.12. The van der Waals surface area contributed by atoms with Crippen molar-refractivity contribution in [2.75, 3.05) is 26.9 Å².